The highest BCUT2D eigenvalue weighted by Crippen LogP contribution is 2.29. The molecular formula is C11H18N4O5. The summed E-state index contributed by atoms with van der Waals surface area (Å²) in [7, 11) is 0. The molecule has 1 heterocycles. The minimum atomic E-state index is -1.17. The Kier molecular flexibility index (Phi) is 4.89. The van der Waals surface area contributed by atoms with Crippen LogP contribution in [0.1, 0.15) is 13.3 Å². The highest BCUT2D eigenvalue weighted by atomic mass is 16.4. The van der Waals surface area contributed by atoms with Crippen LogP contribution in [0.25, 0.3) is 0 Å². The zero-order chi connectivity index (χ0) is 15.3. The predicted molar refractivity (Wildman–Crippen MR) is 67.5 cm³/mol. The molecule has 5 N–H and O–H groups in total. The van der Waals surface area contributed by atoms with Crippen LogP contribution in [-0.2, 0) is 14.4 Å². The Balaban J connectivity index is 2.36. The van der Waals surface area contributed by atoms with Crippen molar-refractivity contribution in [2.45, 2.75) is 13.3 Å². The third-order valence-corrected chi connectivity index (χ3v) is 3.19. The number of hydrogen-bond acceptors (Lipinski definition) is 4. The van der Waals surface area contributed by atoms with Crippen LogP contribution in [0.4, 0.5) is 4.79 Å². The molecular weight excluding hydrogens is 268 g/mol. The first-order valence-corrected chi connectivity index (χ1v) is 6.06. The van der Waals surface area contributed by atoms with Crippen molar-refractivity contribution in [1.82, 2.24) is 15.5 Å². The number of primary amides is 1. The Hall–Kier alpha value is -2.32. The fraction of sp³-hybridized carbons (Fsp3) is 0.636. The van der Waals surface area contributed by atoms with Gasteiger partial charge in [0.15, 0.2) is 0 Å². The van der Waals surface area contributed by atoms with Gasteiger partial charge in [-0.1, -0.05) is 0 Å². The number of carbonyl (C=O) groups is 4. The molecule has 0 aromatic heterocycles. The number of amides is 4. The summed E-state index contributed by atoms with van der Waals surface area (Å²) in [6.45, 7) is 1.43. The Morgan fingerprint density at radius 2 is 1.90 bits per heavy atom. The third-order valence-electron chi connectivity index (χ3n) is 3.19. The Morgan fingerprint density at radius 1 is 1.25 bits per heavy atom. The van der Waals surface area contributed by atoms with Crippen molar-refractivity contribution in [1.29, 1.82) is 0 Å². The Labute approximate surface area is 115 Å². The van der Waals surface area contributed by atoms with Gasteiger partial charge in [-0.2, -0.15) is 0 Å². The molecule has 0 bridgehead atoms. The van der Waals surface area contributed by atoms with E-state index in [-0.39, 0.29) is 13.1 Å². The van der Waals surface area contributed by atoms with Crippen LogP contribution in [0.5, 0.6) is 0 Å². The summed E-state index contributed by atoms with van der Waals surface area (Å²) in [6, 6.07) is -0.486. The molecule has 9 heteroatoms. The van der Waals surface area contributed by atoms with Gasteiger partial charge in [0, 0.05) is 13.1 Å². The maximum Gasteiger partial charge on any atom is 0.322 e. The number of carboxylic acid groups (broad SMARTS) is 1. The molecule has 4 amide bonds. The van der Waals surface area contributed by atoms with Crippen LogP contribution >= 0.6 is 0 Å². The lowest BCUT2D eigenvalue weighted by molar-refractivity contribution is -0.137. The fourth-order valence-corrected chi connectivity index (χ4v) is 1.84. The molecule has 112 valence electrons. The number of nitrogens with one attached hydrogen (secondary N) is 2. The summed E-state index contributed by atoms with van der Waals surface area (Å²) in [4.78, 5) is 45.9. The van der Waals surface area contributed by atoms with Crippen LogP contribution < -0.4 is 16.4 Å². The molecule has 1 aliphatic heterocycles. The van der Waals surface area contributed by atoms with Crippen molar-refractivity contribution in [2.24, 2.45) is 11.1 Å². The number of carboxylic acids is 1. The minimum Gasteiger partial charge on any atom is -0.480 e. The van der Waals surface area contributed by atoms with Crippen molar-refractivity contribution >= 4 is 23.8 Å². The molecule has 0 aliphatic carbocycles. The maximum absolute atomic E-state index is 11.8. The summed E-state index contributed by atoms with van der Waals surface area (Å²) in [5, 5.41) is 12.8. The topological polar surface area (TPSA) is 142 Å². The van der Waals surface area contributed by atoms with Crippen molar-refractivity contribution in [3.63, 3.8) is 0 Å². The van der Waals surface area contributed by atoms with Gasteiger partial charge < -0.3 is 26.4 Å². The van der Waals surface area contributed by atoms with E-state index in [1.807, 2.05) is 0 Å². The molecule has 1 fully saturated rings. The van der Waals surface area contributed by atoms with Crippen LogP contribution in [-0.4, -0.2) is 60.0 Å². The molecule has 20 heavy (non-hydrogen) atoms. The lowest BCUT2D eigenvalue weighted by Crippen LogP contribution is -2.46. The molecule has 1 saturated heterocycles. The summed E-state index contributed by atoms with van der Waals surface area (Å²) in [6.07, 6.45) is 0.473. The largest absolute Gasteiger partial charge is 0.480 e. The molecule has 0 spiro atoms. The lowest BCUT2D eigenvalue weighted by Gasteiger charge is -2.21. The van der Waals surface area contributed by atoms with E-state index in [2.05, 4.69) is 10.6 Å². The van der Waals surface area contributed by atoms with Gasteiger partial charge >= 0.3 is 12.0 Å². The van der Waals surface area contributed by atoms with E-state index in [9.17, 15) is 19.2 Å². The molecule has 0 aromatic rings. The number of carbonyl (C=O) groups excluding carboxylic acids is 3. The highest BCUT2D eigenvalue weighted by molar-refractivity contribution is 5.87. The van der Waals surface area contributed by atoms with Gasteiger partial charge in [-0.3, -0.25) is 14.4 Å². The predicted octanol–water partition coefficient (Wildman–Crippen LogP) is -1.91. The number of nitrogens with two attached hydrogens (primary N) is 1. The monoisotopic (exact) mass is 286 g/mol. The number of aliphatic carboxylic acids is 1. The summed E-state index contributed by atoms with van der Waals surface area (Å²) in [5.74, 6) is -2.23. The maximum atomic E-state index is 11.8. The van der Waals surface area contributed by atoms with Crippen molar-refractivity contribution in [3.05, 3.63) is 0 Å². The molecule has 0 saturated carbocycles. The van der Waals surface area contributed by atoms with Crippen molar-refractivity contribution < 1.29 is 24.3 Å². The SMILES string of the molecule is CC1(C(N)=O)CCN(C(=O)NCC(=O)NCC(=O)O)C1. The van der Waals surface area contributed by atoms with E-state index in [0.717, 1.165) is 0 Å². The van der Waals surface area contributed by atoms with Crippen molar-refractivity contribution in [2.75, 3.05) is 26.2 Å². The third kappa shape index (κ3) is 4.11. The van der Waals surface area contributed by atoms with Crippen LogP contribution in [0, 0.1) is 5.41 Å². The van der Waals surface area contributed by atoms with Gasteiger partial charge in [0.2, 0.25) is 11.8 Å². The molecule has 0 radical (unpaired) electrons. The van der Waals surface area contributed by atoms with Gasteiger partial charge in [0.05, 0.1) is 12.0 Å². The van der Waals surface area contributed by atoms with Gasteiger partial charge in [0.25, 0.3) is 0 Å². The zero-order valence-corrected chi connectivity index (χ0v) is 11.1. The van der Waals surface area contributed by atoms with Crippen LogP contribution in [0.3, 0.4) is 0 Å². The molecule has 9 nitrogen and oxygen atoms in total. The van der Waals surface area contributed by atoms with Crippen molar-refractivity contribution in [3.8, 4) is 0 Å². The normalized spacial score (nSPS) is 21.4. The second-order valence-corrected chi connectivity index (χ2v) is 4.93. The number of urea groups is 1. The van der Waals surface area contributed by atoms with E-state index >= 15 is 0 Å². The molecule has 1 aliphatic rings. The van der Waals surface area contributed by atoms with Gasteiger partial charge in [-0.25, -0.2) is 4.79 Å². The van der Waals surface area contributed by atoms with E-state index in [4.69, 9.17) is 10.8 Å². The molecule has 0 aromatic carbocycles. The second kappa shape index (κ2) is 6.22. The number of nitrogens with zero attached hydrogens (tertiary/aromatic N) is 1. The molecule has 1 unspecified atom stereocenters. The Morgan fingerprint density at radius 3 is 2.40 bits per heavy atom. The van der Waals surface area contributed by atoms with Crippen LogP contribution in [0.15, 0.2) is 0 Å². The highest BCUT2D eigenvalue weighted by Gasteiger charge is 2.40. The number of hydrogen-bond donors (Lipinski definition) is 4. The quantitative estimate of drug-likeness (QED) is 0.466. The zero-order valence-electron chi connectivity index (χ0n) is 11.1. The minimum absolute atomic E-state index is 0.199. The first kappa shape index (κ1) is 15.7. The summed E-state index contributed by atoms with van der Waals surface area (Å²) < 4.78 is 0. The summed E-state index contributed by atoms with van der Waals surface area (Å²) >= 11 is 0. The molecule has 1 rings (SSSR count). The molecule has 1 atom stereocenters. The van der Waals surface area contributed by atoms with Crippen LogP contribution in [0.2, 0.25) is 0 Å². The first-order chi connectivity index (χ1) is 9.24. The van der Waals surface area contributed by atoms with Gasteiger partial charge in [-0.05, 0) is 13.3 Å². The van der Waals surface area contributed by atoms with E-state index < -0.39 is 35.8 Å². The number of likely N-dealkylation sites (tertiary alicyclic amines) is 1. The van der Waals surface area contributed by atoms with E-state index in [1.54, 1.807) is 6.92 Å². The average Bonchev–Trinajstić information content (AvgIpc) is 2.77. The smallest absolute Gasteiger partial charge is 0.322 e. The fourth-order valence-electron chi connectivity index (χ4n) is 1.84. The summed E-state index contributed by atoms with van der Waals surface area (Å²) in [5.41, 5.74) is 4.52. The second-order valence-electron chi connectivity index (χ2n) is 4.93. The standard InChI is InChI=1S/C11H18N4O5/c1-11(9(12)19)2-3-15(6-11)10(20)14-4-7(16)13-5-8(17)18/h2-6H2,1H3,(H2,12,19)(H,13,16)(H,14,20)(H,17,18). The van der Waals surface area contributed by atoms with Gasteiger partial charge in [0.1, 0.15) is 6.54 Å². The van der Waals surface area contributed by atoms with E-state index in [0.29, 0.717) is 13.0 Å². The number of rotatable bonds is 5. The van der Waals surface area contributed by atoms with E-state index in [1.165, 1.54) is 4.90 Å². The average molecular weight is 286 g/mol. The lowest BCUT2D eigenvalue weighted by atomic mass is 9.89. The van der Waals surface area contributed by atoms with Gasteiger partial charge in [-0.15, -0.1) is 0 Å². The Bertz CT molecular complexity index is 439. The first-order valence-electron chi connectivity index (χ1n) is 6.06.